The number of nitrogens with zero attached hydrogens (tertiary/aromatic N) is 5. The van der Waals surface area contributed by atoms with E-state index in [4.69, 9.17) is 10.00 Å². The zero-order valence-electron chi connectivity index (χ0n) is 21.0. The van der Waals surface area contributed by atoms with Gasteiger partial charge in [-0.2, -0.15) is 9.65 Å². The van der Waals surface area contributed by atoms with Crippen molar-refractivity contribution >= 4 is 29.3 Å². The fourth-order valence-electron chi connectivity index (χ4n) is 4.68. The van der Waals surface area contributed by atoms with Crippen LogP contribution in [0.2, 0.25) is 0 Å². The lowest BCUT2D eigenvalue weighted by atomic mass is 9.97. The Bertz CT molecular complexity index is 1610. The molecule has 3 heterocycles. The number of carbonyl (C=O) groups excluding carboxylic acids is 2. The van der Waals surface area contributed by atoms with Crippen LogP contribution < -0.4 is 10.1 Å². The lowest BCUT2D eigenvalue weighted by Gasteiger charge is -2.30. The SMILES string of the molecule is Cc1cc(Nc2nccn3c(-c4ccc(OCC#N)c(F)c4F)cnc23)ccc1C(=O)N1CCC(C=O)CC1. The predicted octanol–water partition coefficient (Wildman–Crippen LogP) is 4.68. The molecule has 1 fully saturated rings. The molecule has 9 nitrogen and oxygen atoms in total. The zero-order chi connectivity index (χ0) is 27.5. The highest BCUT2D eigenvalue weighted by Crippen LogP contribution is 2.32. The number of piperidine rings is 1. The van der Waals surface area contributed by atoms with Crippen LogP contribution in [0.25, 0.3) is 16.9 Å². The van der Waals surface area contributed by atoms with Gasteiger partial charge in [-0.05, 0) is 55.7 Å². The molecule has 0 radical (unpaired) electrons. The monoisotopic (exact) mass is 530 g/mol. The Morgan fingerprint density at radius 2 is 2.00 bits per heavy atom. The van der Waals surface area contributed by atoms with E-state index in [1.807, 2.05) is 13.0 Å². The maximum Gasteiger partial charge on any atom is 0.254 e. The quantitative estimate of drug-likeness (QED) is 0.345. The van der Waals surface area contributed by atoms with E-state index < -0.39 is 18.2 Å². The first-order chi connectivity index (χ1) is 18.9. The van der Waals surface area contributed by atoms with Crippen LogP contribution in [0.3, 0.4) is 0 Å². The van der Waals surface area contributed by atoms with E-state index in [0.717, 1.165) is 11.8 Å². The van der Waals surface area contributed by atoms with E-state index in [1.54, 1.807) is 33.7 Å². The number of likely N-dealkylation sites (tertiary alicyclic amines) is 1. The molecular weight excluding hydrogens is 506 g/mol. The van der Waals surface area contributed by atoms with Crippen molar-refractivity contribution in [2.24, 2.45) is 5.92 Å². The van der Waals surface area contributed by atoms with Gasteiger partial charge in [0.05, 0.1) is 11.9 Å². The Morgan fingerprint density at radius 1 is 1.21 bits per heavy atom. The van der Waals surface area contributed by atoms with E-state index in [1.165, 1.54) is 24.5 Å². The number of nitrogens with one attached hydrogen (secondary N) is 1. The Balaban J connectivity index is 1.38. The van der Waals surface area contributed by atoms with Gasteiger partial charge >= 0.3 is 0 Å². The van der Waals surface area contributed by atoms with Crippen LogP contribution in [0.5, 0.6) is 5.75 Å². The third kappa shape index (κ3) is 5.01. The summed E-state index contributed by atoms with van der Waals surface area (Å²) in [6, 6.07) is 9.69. The summed E-state index contributed by atoms with van der Waals surface area (Å²) in [5.74, 6) is -2.34. The van der Waals surface area contributed by atoms with Crippen LogP contribution in [0, 0.1) is 35.8 Å². The highest BCUT2D eigenvalue weighted by molar-refractivity contribution is 5.96. The number of halogens is 2. The van der Waals surface area contributed by atoms with Crippen molar-refractivity contribution in [2.45, 2.75) is 19.8 Å². The summed E-state index contributed by atoms with van der Waals surface area (Å²) < 4.78 is 35.9. The van der Waals surface area contributed by atoms with Crippen molar-refractivity contribution < 1.29 is 23.1 Å². The number of hydrogen-bond donors (Lipinski definition) is 1. The van der Waals surface area contributed by atoms with Crippen molar-refractivity contribution in [3.63, 3.8) is 0 Å². The number of rotatable bonds is 7. The zero-order valence-corrected chi connectivity index (χ0v) is 21.0. The highest BCUT2D eigenvalue weighted by Gasteiger charge is 2.24. The van der Waals surface area contributed by atoms with Gasteiger partial charge < -0.3 is 19.7 Å². The van der Waals surface area contributed by atoms with Crippen molar-refractivity contribution in [3.8, 4) is 23.1 Å². The van der Waals surface area contributed by atoms with Gasteiger partial charge in [0.15, 0.2) is 29.6 Å². The Hall–Kier alpha value is -4.85. The number of ether oxygens (including phenoxy) is 1. The van der Waals surface area contributed by atoms with Crippen LogP contribution in [-0.4, -0.2) is 51.2 Å². The van der Waals surface area contributed by atoms with E-state index in [2.05, 4.69) is 15.3 Å². The Morgan fingerprint density at radius 3 is 2.72 bits per heavy atom. The fourth-order valence-corrected chi connectivity index (χ4v) is 4.68. The lowest BCUT2D eigenvalue weighted by molar-refractivity contribution is -0.112. The molecule has 1 aliphatic heterocycles. The lowest BCUT2D eigenvalue weighted by Crippen LogP contribution is -2.39. The third-order valence-corrected chi connectivity index (χ3v) is 6.78. The summed E-state index contributed by atoms with van der Waals surface area (Å²) in [5, 5.41) is 11.8. The van der Waals surface area contributed by atoms with E-state index in [0.29, 0.717) is 54.3 Å². The fraction of sp³-hybridized carbons (Fsp3) is 0.250. The molecule has 0 bridgehead atoms. The number of imidazole rings is 1. The van der Waals surface area contributed by atoms with Crippen molar-refractivity contribution in [1.29, 1.82) is 5.26 Å². The number of aldehydes is 1. The molecule has 2 aromatic heterocycles. The standard InChI is InChI=1S/C28H24F2N6O3/c1-17-14-19(2-3-20(17)28(38)35-10-6-18(16-37)7-11-35)34-26-27-33-15-22(36(27)12-9-32-26)21-4-5-23(39-13-8-31)25(30)24(21)29/h2-5,9,12,14-16,18H,6-7,10-11,13H2,1H3,(H,32,34). The van der Waals surface area contributed by atoms with E-state index in [9.17, 15) is 18.4 Å². The molecule has 0 aliphatic carbocycles. The summed E-state index contributed by atoms with van der Waals surface area (Å²) in [5.41, 5.74) is 2.68. The van der Waals surface area contributed by atoms with Gasteiger partial charge in [-0.1, -0.05) is 0 Å². The minimum Gasteiger partial charge on any atom is -0.476 e. The van der Waals surface area contributed by atoms with Crippen LogP contribution >= 0.6 is 0 Å². The molecule has 2 aromatic carbocycles. The number of fused-ring (bicyclic) bond motifs is 1. The van der Waals surface area contributed by atoms with Gasteiger partial charge in [0.25, 0.3) is 5.91 Å². The van der Waals surface area contributed by atoms with Crippen molar-refractivity contribution in [1.82, 2.24) is 19.3 Å². The number of hydrogen-bond acceptors (Lipinski definition) is 7. The van der Waals surface area contributed by atoms with Gasteiger partial charge in [-0.25, -0.2) is 14.4 Å². The molecule has 11 heteroatoms. The summed E-state index contributed by atoms with van der Waals surface area (Å²) in [4.78, 5) is 34.5. The summed E-state index contributed by atoms with van der Waals surface area (Å²) in [6.45, 7) is 2.55. The minimum atomic E-state index is -1.19. The smallest absolute Gasteiger partial charge is 0.254 e. The number of nitriles is 1. The molecule has 1 amide bonds. The summed E-state index contributed by atoms with van der Waals surface area (Å²) in [6.07, 6.45) is 6.81. The normalized spacial score (nSPS) is 13.7. The molecule has 198 valence electrons. The molecule has 0 spiro atoms. The van der Waals surface area contributed by atoms with Gasteiger partial charge in [0.2, 0.25) is 5.82 Å². The minimum absolute atomic E-state index is 0.0124. The first kappa shape index (κ1) is 25.8. The van der Waals surface area contributed by atoms with Crippen LogP contribution in [0.4, 0.5) is 20.3 Å². The molecule has 4 aromatic rings. The van der Waals surface area contributed by atoms with Gasteiger partial charge in [-0.3, -0.25) is 9.20 Å². The maximum atomic E-state index is 14.9. The van der Waals surface area contributed by atoms with Gasteiger partial charge in [0.1, 0.15) is 12.4 Å². The topological polar surface area (TPSA) is 113 Å². The van der Waals surface area contributed by atoms with Gasteiger partial charge in [0, 0.05) is 48.2 Å². The number of benzene rings is 2. The molecule has 5 rings (SSSR count). The average molecular weight is 531 g/mol. The van der Waals surface area contributed by atoms with Crippen LogP contribution in [0.15, 0.2) is 48.9 Å². The van der Waals surface area contributed by atoms with E-state index >= 15 is 0 Å². The third-order valence-electron chi connectivity index (χ3n) is 6.78. The second-order valence-corrected chi connectivity index (χ2v) is 9.22. The van der Waals surface area contributed by atoms with Crippen LogP contribution in [0.1, 0.15) is 28.8 Å². The van der Waals surface area contributed by atoms with Crippen molar-refractivity contribution in [3.05, 3.63) is 71.7 Å². The molecule has 0 atom stereocenters. The highest BCUT2D eigenvalue weighted by atomic mass is 19.2. The first-order valence-corrected chi connectivity index (χ1v) is 12.3. The molecule has 0 saturated carbocycles. The molecule has 0 unspecified atom stereocenters. The largest absolute Gasteiger partial charge is 0.476 e. The maximum absolute atomic E-state index is 14.9. The molecule has 39 heavy (non-hydrogen) atoms. The van der Waals surface area contributed by atoms with Gasteiger partial charge in [-0.15, -0.1) is 0 Å². The summed E-state index contributed by atoms with van der Waals surface area (Å²) in [7, 11) is 0. The number of carbonyl (C=O) groups is 2. The number of aromatic nitrogens is 3. The molecule has 1 N–H and O–H groups in total. The average Bonchev–Trinajstić information content (AvgIpc) is 3.38. The number of aryl methyl sites for hydroxylation is 1. The Labute approximate surface area is 222 Å². The van der Waals surface area contributed by atoms with E-state index in [-0.39, 0.29) is 23.1 Å². The number of anilines is 2. The Kier molecular flexibility index (Phi) is 7.19. The second-order valence-electron chi connectivity index (χ2n) is 9.22. The predicted molar refractivity (Wildman–Crippen MR) is 139 cm³/mol. The molecule has 1 aliphatic rings. The number of amides is 1. The van der Waals surface area contributed by atoms with Crippen molar-refractivity contribution in [2.75, 3.05) is 25.0 Å². The summed E-state index contributed by atoms with van der Waals surface area (Å²) >= 11 is 0. The molecule has 1 saturated heterocycles. The second kappa shape index (κ2) is 10.9. The first-order valence-electron chi connectivity index (χ1n) is 12.3. The van der Waals surface area contributed by atoms with Crippen LogP contribution in [-0.2, 0) is 4.79 Å². The molecular formula is C28H24F2N6O3.